The highest BCUT2D eigenvalue weighted by atomic mass is 16.1. The van der Waals surface area contributed by atoms with Gasteiger partial charge in [0.25, 0.3) is 0 Å². The predicted octanol–water partition coefficient (Wildman–Crippen LogP) is 2.25. The number of hydrogen-bond acceptors (Lipinski definition) is 4. The second kappa shape index (κ2) is 4.53. The molecule has 1 N–H and O–H groups in total. The van der Waals surface area contributed by atoms with Crippen molar-refractivity contribution in [3.05, 3.63) is 48.2 Å². The third-order valence-corrected chi connectivity index (χ3v) is 2.89. The van der Waals surface area contributed by atoms with Gasteiger partial charge in [0.05, 0.1) is 11.9 Å². The Balaban J connectivity index is 2.11. The molecule has 0 atom stereocenters. The van der Waals surface area contributed by atoms with Crippen molar-refractivity contribution in [2.45, 2.75) is 0 Å². The molecule has 0 aliphatic heterocycles. The molecule has 0 fully saturated rings. The Hall–Kier alpha value is -2.69. The molecule has 0 aliphatic carbocycles. The number of nitrogens with one attached hydrogen (secondary N) is 1. The van der Waals surface area contributed by atoms with Gasteiger partial charge in [-0.3, -0.25) is 4.79 Å². The van der Waals surface area contributed by atoms with E-state index in [0.717, 1.165) is 29.0 Å². The normalized spacial score (nSPS) is 10.6. The van der Waals surface area contributed by atoms with Crippen LogP contribution >= 0.6 is 0 Å². The summed E-state index contributed by atoms with van der Waals surface area (Å²) in [4.78, 5) is 15.1. The molecule has 94 valence electrons. The largest absolute Gasteiger partial charge is 0.372 e. The van der Waals surface area contributed by atoms with Crippen molar-refractivity contribution in [1.82, 2.24) is 14.6 Å². The van der Waals surface area contributed by atoms with Gasteiger partial charge in [-0.1, -0.05) is 18.2 Å². The number of anilines is 1. The number of nitrogens with zero attached hydrogens (tertiary/aromatic N) is 3. The lowest BCUT2D eigenvalue weighted by Gasteiger charge is -2.01. The molecule has 3 rings (SSSR count). The minimum atomic E-state index is 0.640. The number of aromatic nitrogens is 3. The van der Waals surface area contributed by atoms with E-state index in [0.29, 0.717) is 5.56 Å². The van der Waals surface area contributed by atoms with Crippen LogP contribution in [0.15, 0.2) is 42.6 Å². The van der Waals surface area contributed by atoms with E-state index >= 15 is 0 Å². The van der Waals surface area contributed by atoms with E-state index in [1.54, 1.807) is 10.6 Å². The van der Waals surface area contributed by atoms with Gasteiger partial charge in [0.2, 0.25) is 0 Å². The number of imidazole rings is 1. The molecule has 19 heavy (non-hydrogen) atoms. The van der Waals surface area contributed by atoms with E-state index in [1.807, 2.05) is 43.6 Å². The van der Waals surface area contributed by atoms with Crippen molar-refractivity contribution in [3.8, 4) is 11.3 Å². The quantitative estimate of drug-likeness (QED) is 0.726. The molecule has 0 aliphatic rings. The zero-order valence-electron chi connectivity index (χ0n) is 10.4. The van der Waals surface area contributed by atoms with Crippen LogP contribution in [0.4, 0.5) is 5.82 Å². The highest BCUT2D eigenvalue weighted by Gasteiger charge is 2.05. The van der Waals surface area contributed by atoms with Crippen LogP contribution in [0.25, 0.3) is 16.9 Å². The molecule has 2 aromatic heterocycles. The lowest BCUT2D eigenvalue weighted by atomic mass is 10.1. The Bertz CT molecular complexity index is 748. The molecule has 1 aromatic carbocycles. The highest BCUT2D eigenvalue weighted by Crippen LogP contribution is 2.19. The van der Waals surface area contributed by atoms with E-state index in [9.17, 15) is 4.79 Å². The fourth-order valence-electron chi connectivity index (χ4n) is 1.93. The van der Waals surface area contributed by atoms with Gasteiger partial charge in [-0.05, 0) is 18.2 Å². The molecule has 2 heterocycles. The summed E-state index contributed by atoms with van der Waals surface area (Å²) in [5.74, 6) is 0.770. The molecule has 5 heteroatoms. The molecular weight excluding hydrogens is 240 g/mol. The van der Waals surface area contributed by atoms with E-state index in [2.05, 4.69) is 15.4 Å². The zero-order valence-corrected chi connectivity index (χ0v) is 10.4. The molecule has 3 aromatic rings. The molecule has 5 nitrogen and oxygen atoms in total. The number of aldehydes is 1. The van der Waals surface area contributed by atoms with Crippen molar-refractivity contribution in [1.29, 1.82) is 0 Å². The smallest absolute Gasteiger partial charge is 0.156 e. The first-order valence-corrected chi connectivity index (χ1v) is 5.90. The average Bonchev–Trinajstić information content (AvgIpc) is 2.89. The molecule has 0 unspecified atom stereocenters. The second-order valence-corrected chi connectivity index (χ2v) is 4.14. The molecule has 0 saturated carbocycles. The summed E-state index contributed by atoms with van der Waals surface area (Å²) in [5.41, 5.74) is 3.13. The molecular formula is C14H12N4O. The summed E-state index contributed by atoms with van der Waals surface area (Å²) in [6.45, 7) is 0. The first-order chi connectivity index (χ1) is 9.30. The summed E-state index contributed by atoms with van der Waals surface area (Å²) in [6, 6.07) is 11.2. The summed E-state index contributed by atoms with van der Waals surface area (Å²) < 4.78 is 1.72. The summed E-state index contributed by atoms with van der Waals surface area (Å²) in [6.07, 6.45) is 2.65. The zero-order chi connectivity index (χ0) is 13.2. The Morgan fingerprint density at radius 2 is 2.16 bits per heavy atom. The number of benzene rings is 1. The van der Waals surface area contributed by atoms with E-state index in [4.69, 9.17) is 0 Å². The van der Waals surface area contributed by atoms with E-state index in [1.165, 1.54) is 0 Å². The average molecular weight is 252 g/mol. The number of carbonyl (C=O) groups is 1. The van der Waals surface area contributed by atoms with Crippen molar-refractivity contribution >= 4 is 17.8 Å². The number of hydrogen-bond donors (Lipinski definition) is 1. The molecule has 0 bridgehead atoms. The number of rotatable bonds is 3. The summed E-state index contributed by atoms with van der Waals surface area (Å²) >= 11 is 0. The Morgan fingerprint density at radius 3 is 2.95 bits per heavy atom. The van der Waals surface area contributed by atoms with Crippen LogP contribution in [0.3, 0.4) is 0 Å². The Labute approximate surface area is 109 Å². The van der Waals surface area contributed by atoms with Crippen LogP contribution in [-0.2, 0) is 0 Å². The summed E-state index contributed by atoms with van der Waals surface area (Å²) in [7, 11) is 1.82. The maximum absolute atomic E-state index is 10.8. The first-order valence-electron chi connectivity index (χ1n) is 5.90. The fraction of sp³-hybridized carbons (Fsp3) is 0.0714. The van der Waals surface area contributed by atoms with Gasteiger partial charge in [0, 0.05) is 18.2 Å². The van der Waals surface area contributed by atoms with Crippen LogP contribution in [-0.4, -0.2) is 27.9 Å². The molecule has 0 saturated heterocycles. The monoisotopic (exact) mass is 252 g/mol. The molecule has 0 amide bonds. The predicted molar refractivity (Wildman–Crippen MR) is 73.4 cm³/mol. The number of fused-ring (bicyclic) bond motifs is 1. The SMILES string of the molecule is CNc1cn2nc(-c3cccc(C=O)c3)ccc2n1. The lowest BCUT2D eigenvalue weighted by molar-refractivity contribution is 0.112. The number of carbonyl (C=O) groups excluding carboxylic acids is 1. The van der Waals surface area contributed by atoms with Crippen LogP contribution in [0, 0.1) is 0 Å². The summed E-state index contributed by atoms with van der Waals surface area (Å²) in [5, 5.41) is 7.46. The lowest BCUT2D eigenvalue weighted by Crippen LogP contribution is -1.93. The minimum absolute atomic E-state index is 0.640. The fourth-order valence-corrected chi connectivity index (χ4v) is 1.93. The van der Waals surface area contributed by atoms with Crippen molar-refractivity contribution in [2.75, 3.05) is 12.4 Å². The maximum Gasteiger partial charge on any atom is 0.156 e. The van der Waals surface area contributed by atoms with Gasteiger partial charge in [-0.25, -0.2) is 9.50 Å². The van der Waals surface area contributed by atoms with Crippen LogP contribution in [0.1, 0.15) is 10.4 Å². The van der Waals surface area contributed by atoms with E-state index in [-0.39, 0.29) is 0 Å². The standard InChI is InChI=1S/C14H12N4O/c1-15-13-8-18-14(16-13)6-5-12(17-18)11-4-2-3-10(7-11)9-19/h2-9,15H,1H3. The van der Waals surface area contributed by atoms with Gasteiger partial charge < -0.3 is 5.32 Å². The van der Waals surface area contributed by atoms with Gasteiger partial charge in [-0.15, -0.1) is 0 Å². The molecule has 0 radical (unpaired) electrons. The molecule has 0 spiro atoms. The van der Waals surface area contributed by atoms with Crippen molar-refractivity contribution in [3.63, 3.8) is 0 Å². The second-order valence-electron chi connectivity index (χ2n) is 4.14. The third-order valence-electron chi connectivity index (χ3n) is 2.89. The first kappa shape index (κ1) is 11.4. The van der Waals surface area contributed by atoms with Gasteiger partial charge in [-0.2, -0.15) is 5.10 Å². The minimum Gasteiger partial charge on any atom is -0.372 e. The van der Waals surface area contributed by atoms with E-state index < -0.39 is 0 Å². The topological polar surface area (TPSA) is 59.3 Å². The van der Waals surface area contributed by atoms with Gasteiger partial charge >= 0.3 is 0 Å². The van der Waals surface area contributed by atoms with Crippen molar-refractivity contribution in [2.24, 2.45) is 0 Å². The Morgan fingerprint density at radius 1 is 1.26 bits per heavy atom. The maximum atomic E-state index is 10.8. The van der Waals surface area contributed by atoms with Crippen LogP contribution in [0.5, 0.6) is 0 Å². The van der Waals surface area contributed by atoms with Crippen LogP contribution < -0.4 is 5.32 Å². The Kier molecular flexibility index (Phi) is 2.72. The third kappa shape index (κ3) is 2.06. The van der Waals surface area contributed by atoms with Gasteiger partial charge in [0.1, 0.15) is 12.1 Å². The highest BCUT2D eigenvalue weighted by molar-refractivity contribution is 5.78. The van der Waals surface area contributed by atoms with Crippen LogP contribution in [0.2, 0.25) is 0 Å². The van der Waals surface area contributed by atoms with Crippen molar-refractivity contribution < 1.29 is 4.79 Å². The van der Waals surface area contributed by atoms with Gasteiger partial charge in [0.15, 0.2) is 5.65 Å².